The third kappa shape index (κ3) is 2.56. The summed E-state index contributed by atoms with van der Waals surface area (Å²) in [5, 5.41) is 10.4. The van der Waals surface area contributed by atoms with Gasteiger partial charge in [-0.25, -0.2) is 0 Å². The van der Waals surface area contributed by atoms with E-state index in [4.69, 9.17) is 4.74 Å². The number of hydrogen-bond acceptors (Lipinski definition) is 2. The van der Waals surface area contributed by atoms with Gasteiger partial charge in [0.15, 0.2) is 0 Å². The number of para-hydroxylation sites is 1. The highest BCUT2D eigenvalue weighted by molar-refractivity contribution is 5.87. The molecular weight excluding hydrogens is 272 g/mol. The van der Waals surface area contributed by atoms with Gasteiger partial charge in [0, 0.05) is 16.6 Å². The number of nitriles is 1. The minimum atomic E-state index is 0.577. The van der Waals surface area contributed by atoms with Crippen molar-refractivity contribution in [3.05, 3.63) is 65.4 Å². The second kappa shape index (κ2) is 5.95. The molecule has 110 valence electrons. The number of benzene rings is 2. The van der Waals surface area contributed by atoms with Crippen molar-refractivity contribution in [2.24, 2.45) is 0 Å². The van der Waals surface area contributed by atoms with Gasteiger partial charge in [-0.1, -0.05) is 35.9 Å². The molecule has 0 saturated carbocycles. The highest BCUT2D eigenvalue weighted by Gasteiger charge is 2.12. The molecule has 0 bridgehead atoms. The number of fused-ring (bicyclic) bond motifs is 1. The maximum Gasteiger partial charge on any atom is 0.119 e. The minimum absolute atomic E-state index is 0.577. The first kappa shape index (κ1) is 14.2. The van der Waals surface area contributed by atoms with E-state index in [-0.39, 0.29) is 0 Å². The van der Waals surface area contributed by atoms with Crippen LogP contribution in [0.5, 0.6) is 5.75 Å². The van der Waals surface area contributed by atoms with Gasteiger partial charge in [0.05, 0.1) is 12.1 Å². The molecule has 3 rings (SSSR count). The molecule has 3 aromatic rings. The second-order valence-electron chi connectivity index (χ2n) is 5.40. The maximum absolute atomic E-state index is 9.36. The van der Waals surface area contributed by atoms with Gasteiger partial charge in [0.25, 0.3) is 0 Å². The molecule has 0 atom stereocenters. The van der Waals surface area contributed by atoms with Gasteiger partial charge in [0.1, 0.15) is 18.4 Å². The summed E-state index contributed by atoms with van der Waals surface area (Å²) in [4.78, 5) is 0. The van der Waals surface area contributed by atoms with Gasteiger partial charge in [0.2, 0.25) is 0 Å². The topological polar surface area (TPSA) is 38.0 Å². The van der Waals surface area contributed by atoms with Crippen molar-refractivity contribution in [3.63, 3.8) is 0 Å². The van der Waals surface area contributed by atoms with E-state index < -0.39 is 0 Å². The van der Waals surface area contributed by atoms with Crippen LogP contribution in [-0.2, 0) is 6.54 Å². The Balaban J connectivity index is 1.81. The molecule has 1 heterocycles. The second-order valence-corrected chi connectivity index (χ2v) is 5.40. The fraction of sp³-hybridized carbons (Fsp3) is 0.211. The highest BCUT2D eigenvalue weighted by atomic mass is 16.5. The molecule has 3 heteroatoms. The van der Waals surface area contributed by atoms with Crippen LogP contribution in [0, 0.1) is 25.2 Å². The number of hydrogen-bond donors (Lipinski definition) is 0. The van der Waals surface area contributed by atoms with Crippen LogP contribution in [0.15, 0.2) is 48.5 Å². The summed E-state index contributed by atoms with van der Waals surface area (Å²) in [6, 6.07) is 18.4. The number of nitrogens with zero attached hydrogens (tertiary/aromatic N) is 2. The Morgan fingerprint density at radius 3 is 2.50 bits per heavy atom. The van der Waals surface area contributed by atoms with Gasteiger partial charge in [-0.05, 0) is 32.0 Å². The fourth-order valence-corrected chi connectivity index (χ4v) is 2.75. The van der Waals surface area contributed by atoms with Gasteiger partial charge >= 0.3 is 0 Å². The van der Waals surface area contributed by atoms with Crippen LogP contribution >= 0.6 is 0 Å². The van der Waals surface area contributed by atoms with E-state index in [1.54, 1.807) is 0 Å². The van der Waals surface area contributed by atoms with E-state index in [1.165, 1.54) is 5.56 Å². The zero-order valence-electron chi connectivity index (χ0n) is 12.8. The van der Waals surface area contributed by atoms with Crippen molar-refractivity contribution >= 4 is 10.9 Å². The Labute approximate surface area is 130 Å². The summed E-state index contributed by atoms with van der Waals surface area (Å²) in [7, 11) is 0. The van der Waals surface area contributed by atoms with Crippen LogP contribution in [0.2, 0.25) is 0 Å². The van der Waals surface area contributed by atoms with Crippen molar-refractivity contribution < 1.29 is 4.74 Å². The number of rotatable bonds is 4. The Hall–Kier alpha value is -2.73. The van der Waals surface area contributed by atoms with Gasteiger partial charge < -0.3 is 9.30 Å². The van der Waals surface area contributed by atoms with Crippen LogP contribution in [0.4, 0.5) is 0 Å². The Morgan fingerprint density at radius 2 is 1.77 bits per heavy atom. The Bertz CT molecular complexity index is 838. The summed E-state index contributed by atoms with van der Waals surface area (Å²) in [6.07, 6.45) is 0. The summed E-state index contributed by atoms with van der Waals surface area (Å²) < 4.78 is 7.96. The predicted molar refractivity (Wildman–Crippen MR) is 88.1 cm³/mol. The monoisotopic (exact) mass is 290 g/mol. The van der Waals surface area contributed by atoms with E-state index >= 15 is 0 Å². The molecule has 1 aromatic heterocycles. The smallest absolute Gasteiger partial charge is 0.119 e. The van der Waals surface area contributed by atoms with Gasteiger partial charge in [-0.3, -0.25) is 0 Å². The largest absolute Gasteiger partial charge is 0.492 e. The first-order chi connectivity index (χ1) is 10.7. The van der Waals surface area contributed by atoms with Crippen molar-refractivity contribution in [2.75, 3.05) is 6.61 Å². The molecule has 0 aliphatic carbocycles. The molecule has 0 spiro atoms. The van der Waals surface area contributed by atoms with E-state index in [0.29, 0.717) is 6.61 Å². The molecule has 0 unspecified atom stereocenters. The van der Waals surface area contributed by atoms with E-state index in [0.717, 1.165) is 34.5 Å². The minimum Gasteiger partial charge on any atom is -0.492 e. The lowest BCUT2D eigenvalue weighted by Crippen LogP contribution is -2.09. The van der Waals surface area contributed by atoms with Crippen LogP contribution in [0.1, 0.15) is 16.8 Å². The zero-order valence-corrected chi connectivity index (χ0v) is 12.8. The van der Waals surface area contributed by atoms with Gasteiger partial charge in [-0.2, -0.15) is 5.26 Å². The van der Waals surface area contributed by atoms with Crippen molar-refractivity contribution in [3.8, 4) is 11.8 Å². The molecule has 0 aliphatic heterocycles. The number of aromatic nitrogens is 1. The van der Waals surface area contributed by atoms with Crippen molar-refractivity contribution in [1.29, 1.82) is 5.26 Å². The lowest BCUT2D eigenvalue weighted by atomic mass is 10.1. The lowest BCUT2D eigenvalue weighted by molar-refractivity contribution is 0.299. The van der Waals surface area contributed by atoms with Gasteiger partial charge in [-0.15, -0.1) is 0 Å². The normalized spacial score (nSPS) is 10.6. The molecule has 22 heavy (non-hydrogen) atoms. The summed E-state index contributed by atoms with van der Waals surface area (Å²) in [5.41, 5.74) is 4.06. The summed E-state index contributed by atoms with van der Waals surface area (Å²) in [5.74, 6) is 0.875. The quantitative estimate of drug-likeness (QED) is 0.722. The number of ether oxygens (including phenoxy) is 1. The lowest BCUT2D eigenvalue weighted by Gasteiger charge is -2.10. The van der Waals surface area contributed by atoms with E-state index in [9.17, 15) is 5.26 Å². The van der Waals surface area contributed by atoms with E-state index in [2.05, 4.69) is 23.6 Å². The standard InChI is InChI=1S/C19H18N2O/c1-14-7-9-16(10-8-14)22-12-11-21-15(2)18(13-20)17-5-3-4-6-19(17)21/h3-10H,11-12H2,1-2H3. The maximum atomic E-state index is 9.36. The third-order valence-corrected chi connectivity index (χ3v) is 3.95. The zero-order chi connectivity index (χ0) is 15.5. The van der Waals surface area contributed by atoms with Crippen molar-refractivity contribution in [1.82, 2.24) is 4.57 Å². The third-order valence-electron chi connectivity index (χ3n) is 3.95. The average Bonchev–Trinajstić information content (AvgIpc) is 2.81. The van der Waals surface area contributed by atoms with Crippen LogP contribution < -0.4 is 4.74 Å². The molecule has 0 radical (unpaired) electrons. The Kier molecular flexibility index (Phi) is 3.84. The Morgan fingerprint density at radius 1 is 1.05 bits per heavy atom. The first-order valence-corrected chi connectivity index (χ1v) is 7.38. The first-order valence-electron chi connectivity index (χ1n) is 7.38. The number of aryl methyl sites for hydroxylation is 1. The van der Waals surface area contributed by atoms with Crippen LogP contribution in [0.25, 0.3) is 10.9 Å². The summed E-state index contributed by atoms with van der Waals surface area (Å²) >= 11 is 0. The molecule has 3 nitrogen and oxygen atoms in total. The SMILES string of the molecule is Cc1ccc(OCCn2c(C)c(C#N)c3ccccc32)cc1. The molecule has 0 amide bonds. The molecule has 2 aromatic carbocycles. The predicted octanol–water partition coefficient (Wildman–Crippen LogP) is 4.21. The molecule has 0 fully saturated rings. The molecule has 0 saturated heterocycles. The fourth-order valence-electron chi connectivity index (χ4n) is 2.75. The summed E-state index contributed by atoms with van der Waals surface area (Å²) in [6.45, 7) is 5.35. The molecule has 0 N–H and O–H groups in total. The highest BCUT2D eigenvalue weighted by Crippen LogP contribution is 2.25. The van der Waals surface area contributed by atoms with E-state index in [1.807, 2.05) is 49.4 Å². The molecule has 0 aliphatic rings. The van der Waals surface area contributed by atoms with Crippen LogP contribution in [-0.4, -0.2) is 11.2 Å². The molecular formula is C19H18N2O. The van der Waals surface area contributed by atoms with Crippen molar-refractivity contribution in [2.45, 2.75) is 20.4 Å². The average molecular weight is 290 g/mol. The van der Waals surface area contributed by atoms with Crippen LogP contribution in [0.3, 0.4) is 0 Å².